The predicted molar refractivity (Wildman–Crippen MR) is 39.8 cm³/mol. The van der Waals surface area contributed by atoms with E-state index in [1.54, 1.807) is 0 Å². The maximum Gasteiger partial charge on any atom is 0.139 e. The largest absolute Gasteiger partial charge is 0.303 e. The van der Waals surface area contributed by atoms with Crippen molar-refractivity contribution in [1.29, 1.82) is 0 Å². The van der Waals surface area contributed by atoms with Gasteiger partial charge in [0.05, 0.1) is 5.92 Å². The monoisotopic (exact) mass is 142 g/mol. The number of hydrogen-bond acceptors (Lipinski definition) is 2. The molecule has 0 aliphatic rings. The van der Waals surface area contributed by atoms with Gasteiger partial charge < -0.3 is 4.79 Å². The van der Waals surface area contributed by atoms with Crippen molar-refractivity contribution < 1.29 is 9.59 Å². The van der Waals surface area contributed by atoms with Gasteiger partial charge >= 0.3 is 0 Å². The first kappa shape index (κ1) is 9.34. The molecule has 0 N–H and O–H groups in total. The molecule has 10 heavy (non-hydrogen) atoms. The third-order valence-electron chi connectivity index (χ3n) is 1.56. The van der Waals surface area contributed by atoms with Crippen molar-refractivity contribution in [2.24, 2.45) is 5.92 Å². The molecule has 0 amide bonds. The van der Waals surface area contributed by atoms with E-state index in [-0.39, 0.29) is 11.7 Å². The van der Waals surface area contributed by atoms with Gasteiger partial charge in [-0.15, -0.1) is 0 Å². The van der Waals surface area contributed by atoms with Gasteiger partial charge in [-0.05, 0) is 13.3 Å². The maximum atomic E-state index is 10.6. The minimum Gasteiger partial charge on any atom is -0.303 e. The quantitative estimate of drug-likeness (QED) is 0.431. The average Bonchev–Trinajstić information content (AvgIpc) is 1.89. The standard InChI is InChI=1S/C8H14O2/c1-3-4-5-8(6-9)7(2)10/h6,8H,3-5H2,1-2H3. The van der Waals surface area contributed by atoms with Gasteiger partial charge in [0.1, 0.15) is 12.1 Å². The van der Waals surface area contributed by atoms with Crippen LogP contribution in [0.15, 0.2) is 0 Å². The van der Waals surface area contributed by atoms with Gasteiger partial charge in [0, 0.05) is 0 Å². The van der Waals surface area contributed by atoms with Crippen molar-refractivity contribution in [2.45, 2.75) is 33.1 Å². The molecule has 1 unspecified atom stereocenters. The number of Topliss-reactive ketones (excluding diaryl/α,β-unsaturated/α-hetero) is 1. The molecule has 1 atom stereocenters. The second-order valence-electron chi connectivity index (χ2n) is 2.50. The Morgan fingerprint density at radius 2 is 2.20 bits per heavy atom. The first-order valence-corrected chi connectivity index (χ1v) is 3.68. The molecular weight excluding hydrogens is 128 g/mol. The van der Waals surface area contributed by atoms with E-state index in [1.807, 2.05) is 6.92 Å². The lowest BCUT2D eigenvalue weighted by Gasteiger charge is -2.02. The topological polar surface area (TPSA) is 34.1 Å². The Hall–Kier alpha value is -0.660. The molecule has 2 nitrogen and oxygen atoms in total. The van der Waals surface area contributed by atoms with Crippen molar-refractivity contribution in [1.82, 2.24) is 0 Å². The summed E-state index contributed by atoms with van der Waals surface area (Å²) < 4.78 is 0. The van der Waals surface area contributed by atoms with Crippen molar-refractivity contribution >= 4 is 12.1 Å². The minimum atomic E-state index is -0.347. The van der Waals surface area contributed by atoms with Crippen LogP contribution in [0.4, 0.5) is 0 Å². The Kier molecular flexibility index (Phi) is 4.81. The summed E-state index contributed by atoms with van der Waals surface area (Å²) in [5.74, 6) is -0.358. The van der Waals surface area contributed by atoms with Crippen LogP contribution in [-0.4, -0.2) is 12.1 Å². The fourth-order valence-corrected chi connectivity index (χ4v) is 0.791. The van der Waals surface area contributed by atoms with E-state index < -0.39 is 0 Å². The second-order valence-corrected chi connectivity index (χ2v) is 2.50. The van der Waals surface area contributed by atoms with Crippen LogP contribution in [-0.2, 0) is 9.59 Å². The van der Waals surface area contributed by atoms with Crippen molar-refractivity contribution in [2.75, 3.05) is 0 Å². The second kappa shape index (κ2) is 5.15. The van der Waals surface area contributed by atoms with Crippen LogP contribution in [0.5, 0.6) is 0 Å². The summed E-state index contributed by atoms with van der Waals surface area (Å²) >= 11 is 0. The number of unbranched alkanes of at least 4 members (excludes halogenated alkanes) is 1. The third-order valence-corrected chi connectivity index (χ3v) is 1.56. The Labute approximate surface area is 61.6 Å². The molecule has 0 saturated carbocycles. The molecule has 0 spiro atoms. The molecule has 58 valence electrons. The number of hydrogen-bond donors (Lipinski definition) is 0. The summed E-state index contributed by atoms with van der Waals surface area (Å²) in [6.07, 6.45) is 3.47. The fourth-order valence-electron chi connectivity index (χ4n) is 0.791. The van der Waals surface area contributed by atoms with Crippen LogP contribution in [0.2, 0.25) is 0 Å². The normalized spacial score (nSPS) is 12.6. The number of aldehydes is 1. The maximum absolute atomic E-state index is 10.6. The zero-order valence-electron chi connectivity index (χ0n) is 6.59. The van der Waals surface area contributed by atoms with E-state index in [0.717, 1.165) is 25.5 Å². The van der Waals surface area contributed by atoms with Crippen LogP contribution < -0.4 is 0 Å². The van der Waals surface area contributed by atoms with E-state index in [1.165, 1.54) is 6.92 Å². The van der Waals surface area contributed by atoms with Crippen LogP contribution in [0.25, 0.3) is 0 Å². The smallest absolute Gasteiger partial charge is 0.139 e. The Morgan fingerprint density at radius 3 is 2.50 bits per heavy atom. The van der Waals surface area contributed by atoms with E-state index in [4.69, 9.17) is 0 Å². The number of ketones is 1. The molecule has 0 saturated heterocycles. The highest BCUT2D eigenvalue weighted by Crippen LogP contribution is 2.06. The Bertz CT molecular complexity index is 118. The molecule has 2 heteroatoms. The molecule has 0 aliphatic carbocycles. The van der Waals surface area contributed by atoms with Crippen LogP contribution in [0, 0.1) is 5.92 Å². The van der Waals surface area contributed by atoms with Gasteiger partial charge in [-0.1, -0.05) is 19.8 Å². The average molecular weight is 142 g/mol. The molecule has 0 heterocycles. The fraction of sp³-hybridized carbons (Fsp3) is 0.750. The molecule has 0 radical (unpaired) electrons. The van der Waals surface area contributed by atoms with Gasteiger partial charge in [-0.3, -0.25) is 4.79 Å². The summed E-state index contributed by atoms with van der Waals surface area (Å²) in [5, 5.41) is 0. The van der Waals surface area contributed by atoms with E-state index in [0.29, 0.717) is 0 Å². The number of carbonyl (C=O) groups is 2. The summed E-state index contributed by atoms with van der Waals surface area (Å²) in [5.41, 5.74) is 0. The third kappa shape index (κ3) is 3.38. The number of carbonyl (C=O) groups excluding carboxylic acids is 2. The van der Waals surface area contributed by atoms with Crippen molar-refractivity contribution in [3.63, 3.8) is 0 Å². The molecule has 0 aromatic heterocycles. The highest BCUT2D eigenvalue weighted by Gasteiger charge is 2.10. The zero-order valence-corrected chi connectivity index (χ0v) is 6.59. The molecule has 0 bridgehead atoms. The SMILES string of the molecule is CCCCC(C=O)C(C)=O. The number of rotatable bonds is 5. The molecule has 0 aliphatic heterocycles. The highest BCUT2D eigenvalue weighted by atomic mass is 16.1. The minimum absolute atomic E-state index is 0.0107. The summed E-state index contributed by atoms with van der Waals surface area (Å²) in [4.78, 5) is 20.9. The molecule has 0 rings (SSSR count). The van der Waals surface area contributed by atoms with Gasteiger partial charge in [0.2, 0.25) is 0 Å². The first-order valence-electron chi connectivity index (χ1n) is 3.68. The lowest BCUT2D eigenvalue weighted by atomic mass is 10.0. The summed E-state index contributed by atoms with van der Waals surface area (Å²) in [6, 6.07) is 0. The van der Waals surface area contributed by atoms with E-state index in [9.17, 15) is 9.59 Å². The first-order chi connectivity index (χ1) is 4.72. The predicted octanol–water partition coefficient (Wildman–Crippen LogP) is 1.58. The lowest BCUT2D eigenvalue weighted by Crippen LogP contribution is -2.11. The highest BCUT2D eigenvalue weighted by molar-refractivity contribution is 5.91. The van der Waals surface area contributed by atoms with Gasteiger partial charge in [-0.2, -0.15) is 0 Å². The molecule has 0 aromatic rings. The summed E-state index contributed by atoms with van der Waals surface area (Å²) in [6.45, 7) is 3.51. The Morgan fingerprint density at radius 1 is 1.60 bits per heavy atom. The van der Waals surface area contributed by atoms with Crippen LogP contribution >= 0.6 is 0 Å². The molecule has 0 aromatic carbocycles. The van der Waals surface area contributed by atoms with Crippen molar-refractivity contribution in [3.8, 4) is 0 Å². The van der Waals surface area contributed by atoms with E-state index >= 15 is 0 Å². The lowest BCUT2D eigenvalue weighted by molar-refractivity contribution is -0.125. The van der Waals surface area contributed by atoms with Crippen molar-refractivity contribution in [3.05, 3.63) is 0 Å². The summed E-state index contributed by atoms with van der Waals surface area (Å²) in [7, 11) is 0. The zero-order chi connectivity index (χ0) is 7.98. The van der Waals surface area contributed by atoms with E-state index in [2.05, 4.69) is 0 Å². The van der Waals surface area contributed by atoms with Crippen LogP contribution in [0.1, 0.15) is 33.1 Å². The van der Waals surface area contributed by atoms with Gasteiger partial charge in [0.15, 0.2) is 0 Å². The Balaban J connectivity index is 3.60. The molecule has 0 fully saturated rings. The van der Waals surface area contributed by atoms with Gasteiger partial charge in [0.25, 0.3) is 0 Å². The van der Waals surface area contributed by atoms with Gasteiger partial charge in [-0.25, -0.2) is 0 Å². The van der Waals surface area contributed by atoms with Crippen LogP contribution in [0.3, 0.4) is 0 Å². The molecular formula is C8H14O2.